The van der Waals surface area contributed by atoms with Crippen LogP contribution in [0.2, 0.25) is 5.02 Å². The Morgan fingerprint density at radius 2 is 1.35 bits per heavy atom. The molecule has 1 saturated heterocycles. The van der Waals surface area contributed by atoms with Crippen molar-refractivity contribution < 1.29 is 77.7 Å². The number of amides is 9. The number of urea groups is 1. The summed E-state index contributed by atoms with van der Waals surface area (Å²) in [5.41, 5.74) is 16.3. The van der Waals surface area contributed by atoms with Crippen LogP contribution in [-0.2, 0) is 78.5 Å². The van der Waals surface area contributed by atoms with Crippen LogP contribution in [0.25, 0.3) is 21.7 Å². The number of aromatic amines is 1. The van der Waals surface area contributed by atoms with Crippen LogP contribution in [0.15, 0.2) is 164 Å². The Hall–Kier alpha value is -12.2. The second-order valence-electron chi connectivity index (χ2n) is 27.2. The Bertz CT molecular complexity index is 4740. The van der Waals surface area contributed by atoms with Gasteiger partial charge in [0.2, 0.25) is 41.0 Å². The molecule has 3 heterocycles. The van der Waals surface area contributed by atoms with Crippen LogP contribution in [0.5, 0.6) is 11.5 Å². The summed E-state index contributed by atoms with van der Waals surface area (Å²) < 4.78 is 0. The first-order chi connectivity index (χ1) is 52.4. The maximum atomic E-state index is 15.8. The normalized spacial score (nSPS) is 15.6. The van der Waals surface area contributed by atoms with Crippen LogP contribution < -0.4 is 65.2 Å². The first-order valence-electron chi connectivity index (χ1n) is 35.3. The van der Waals surface area contributed by atoms with E-state index in [-0.39, 0.29) is 68.6 Å². The summed E-state index contributed by atoms with van der Waals surface area (Å²) in [6.45, 7) is 3.87. The molecule has 0 radical (unpaired) electrons. The second-order valence-corrected chi connectivity index (χ2v) is 27.6. The molecule has 9 amide bonds. The second kappa shape index (κ2) is 36.6. The third-order valence-electron chi connectivity index (χ3n) is 19.4. The van der Waals surface area contributed by atoms with Crippen molar-refractivity contribution in [2.45, 2.75) is 138 Å². The number of anilines is 2. The number of para-hydroxylation sites is 1. The molecule has 9 rings (SSSR count). The molecular weight excluding hydrogens is 1440 g/mol. The van der Waals surface area contributed by atoms with Crippen molar-refractivity contribution in [2.24, 2.45) is 23.1 Å². The number of hydrogen-bond acceptors (Lipinski definition) is 21. The van der Waals surface area contributed by atoms with E-state index in [1.807, 2.05) is 36.4 Å². The van der Waals surface area contributed by atoms with Crippen LogP contribution in [-0.4, -0.2) is 180 Å². The lowest BCUT2D eigenvalue weighted by molar-refractivity contribution is -0.155. The number of nitrogens with zero attached hydrogens (tertiary/aromatic N) is 3. The average Bonchev–Trinajstić information content (AvgIpc) is 1.20. The molecule has 578 valence electrons. The highest BCUT2D eigenvalue weighted by Crippen LogP contribution is 2.33. The zero-order valence-electron chi connectivity index (χ0n) is 60.7. The van der Waals surface area contributed by atoms with Gasteiger partial charge in [0, 0.05) is 59.9 Å². The van der Waals surface area contributed by atoms with Gasteiger partial charge in [-0.1, -0.05) is 90.5 Å². The average molecular weight is 1530 g/mol. The summed E-state index contributed by atoms with van der Waals surface area (Å²) in [7, 11) is 0. The first-order valence-corrected chi connectivity index (χ1v) is 35.7. The largest absolute Gasteiger partial charge is 0.508 e. The molecule has 19 N–H and O–H groups in total. The zero-order valence-corrected chi connectivity index (χ0v) is 61.4. The molecule has 0 spiro atoms. The van der Waals surface area contributed by atoms with Gasteiger partial charge in [-0.05, 0) is 166 Å². The molecule has 2 aromatic heterocycles. The van der Waals surface area contributed by atoms with Crippen LogP contribution in [0, 0.1) is 0 Å². The van der Waals surface area contributed by atoms with E-state index in [1.165, 1.54) is 84.9 Å². The monoisotopic (exact) mass is 1530 g/mol. The molecule has 0 aliphatic carbocycles. The number of carbonyl (C=O) groups is 12. The topological polar surface area (TPSA) is 498 Å². The molecule has 110 heavy (non-hydrogen) atoms. The number of likely N-dealkylation sites (tertiary alicyclic amines) is 1. The van der Waals surface area contributed by atoms with E-state index in [1.54, 1.807) is 55.6 Å². The number of ketones is 3. The van der Waals surface area contributed by atoms with E-state index in [9.17, 15) is 48.9 Å². The van der Waals surface area contributed by atoms with Crippen molar-refractivity contribution in [1.82, 2.24) is 46.8 Å². The third kappa shape index (κ3) is 19.8. The number of pyridine rings is 1. The summed E-state index contributed by atoms with van der Waals surface area (Å²) >= 11 is 6.30. The maximum absolute atomic E-state index is 15.8. The predicted molar refractivity (Wildman–Crippen MR) is 407 cm³/mol. The van der Waals surface area contributed by atoms with E-state index < -0.39 is 161 Å². The fraction of sp³-hybridized carbons (Fsp3) is 0.321. The Morgan fingerprint density at radius 3 is 2.03 bits per heavy atom. The molecule has 10 atom stereocenters. The number of halogens is 1. The molecule has 6 aromatic carbocycles. The summed E-state index contributed by atoms with van der Waals surface area (Å²) in [5, 5.41) is 53.3. The van der Waals surface area contributed by atoms with Gasteiger partial charge in [0.15, 0.2) is 22.9 Å². The zero-order chi connectivity index (χ0) is 79.7. The van der Waals surface area contributed by atoms with Crippen molar-refractivity contribution >= 4 is 115 Å². The van der Waals surface area contributed by atoms with Gasteiger partial charge in [-0.15, -0.1) is 0 Å². The van der Waals surface area contributed by atoms with Gasteiger partial charge in [-0.2, -0.15) is 5.90 Å². The fourth-order valence-corrected chi connectivity index (χ4v) is 13.2. The Morgan fingerprint density at radius 1 is 0.709 bits per heavy atom. The number of phenolic OH excluding ortho intramolecular Hbond substituents is 2. The lowest BCUT2D eigenvalue weighted by Crippen LogP contribution is -2.68. The number of fused-ring (bicyclic) bond motifs is 2. The van der Waals surface area contributed by atoms with E-state index in [2.05, 4.69) is 52.0 Å². The molecule has 31 nitrogen and oxygen atoms in total. The molecule has 8 aromatic rings. The lowest BCUT2D eigenvalue weighted by atomic mass is 9.82. The van der Waals surface area contributed by atoms with Crippen LogP contribution in [0.3, 0.4) is 0 Å². The number of aromatic nitrogens is 2. The van der Waals surface area contributed by atoms with E-state index in [4.69, 9.17) is 34.7 Å². The van der Waals surface area contributed by atoms with Crippen LogP contribution in [0.1, 0.15) is 86.0 Å². The third-order valence-corrected chi connectivity index (χ3v) is 19.6. The van der Waals surface area contributed by atoms with E-state index >= 15 is 24.0 Å². The number of nitrogens with two attached hydrogens (primary N) is 4. The summed E-state index contributed by atoms with van der Waals surface area (Å²) in [5.74, 6) is -6.12. The number of rotatable bonds is 35. The molecule has 0 unspecified atom stereocenters. The number of phenols is 2. The lowest BCUT2D eigenvalue weighted by Gasteiger charge is -2.39. The molecule has 1 aliphatic rings. The minimum Gasteiger partial charge on any atom is -0.508 e. The number of aliphatic hydroxyl groups is 1. The van der Waals surface area contributed by atoms with Gasteiger partial charge in [-0.3, -0.25) is 57.8 Å². The highest BCUT2D eigenvalue weighted by molar-refractivity contribution is 6.30. The van der Waals surface area contributed by atoms with E-state index in [0.29, 0.717) is 38.3 Å². The highest BCUT2D eigenvalue weighted by atomic mass is 35.5. The minimum absolute atomic E-state index is 0.00469. The molecule has 1 fully saturated rings. The maximum Gasteiger partial charge on any atom is 0.358 e. The number of hydrogen-bond donors (Lipinski definition) is 15. The molecule has 32 heteroatoms. The first kappa shape index (κ1) is 81.9. The van der Waals surface area contributed by atoms with E-state index in [0.717, 1.165) is 35.6 Å². The van der Waals surface area contributed by atoms with Crippen LogP contribution >= 0.6 is 11.6 Å². The van der Waals surface area contributed by atoms with Gasteiger partial charge in [0.05, 0.1) is 36.1 Å². The molecule has 0 saturated carbocycles. The van der Waals surface area contributed by atoms with Crippen molar-refractivity contribution in [3.8, 4) is 11.5 Å². The van der Waals surface area contributed by atoms with Crippen LogP contribution in [0.4, 0.5) is 16.2 Å². The number of carbonyl (C=O) groups excluding carboxylic acids is 12. The summed E-state index contributed by atoms with van der Waals surface area (Å²) in [4.78, 5) is 186. The smallest absolute Gasteiger partial charge is 0.358 e. The Kier molecular flexibility index (Phi) is 27.3. The number of nitrogens with one attached hydrogen (secondary N) is 8. The van der Waals surface area contributed by atoms with Gasteiger partial charge in [0.1, 0.15) is 47.8 Å². The van der Waals surface area contributed by atoms with Crippen molar-refractivity contribution in [3.63, 3.8) is 0 Å². The number of aromatic hydroxyl groups is 2. The molecular formula is C78H88ClN15O16. The quantitative estimate of drug-likeness (QED) is 0.0117. The number of benzene rings is 6. The Labute approximate surface area is 636 Å². The molecule has 0 bridgehead atoms. The number of primary amides is 1. The van der Waals surface area contributed by atoms with Gasteiger partial charge in [0.25, 0.3) is 5.91 Å². The minimum atomic E-state index is -2.75. The number of Topliss-reactive ketones (excluding diaryl/α,β-unsaturated/α-hetero) is 3. The number of H-pyrrole nitrogens is 1. The van der Waals surface area contributed by atoms with Crippen molar-refractivity contribution in [1.29, 1.82) is 0 Å². The Balaban J connectivity index is 0.980. The summed E-state index contributed by atoms with van der Waals surface area (Å²) in [6, 6.07) is 25.7. The SMILES string of the molecule is CC(=O)[C@](C)(C(=O)ON)N(C(=O)[C@@H]1CCCN1C(=O)[C@H](Cc1ccc(O)cc1)NC(=O)[C@H](Cc1c[nH]c2ccccc12)NC(=O)[C@@](N)(CCCNC(N)=O)C(=O)[C@H](Cc1ccc(Cl)cc1)NC(=O)[C@@H](N)Cc1ccc(O)c(C(=O)[C@H](CO)NC(=O)[C@H](C)NC(=O)[C@H](C)Nc2ccc3ccccc3c2)c1)c1cccnc1. The molecule has 1 aliphatic heterocycles. The van der Waals surface area contributed by atoms with Crippen molar-refractivity contribution in [3.05, 3.63) is 197 Å². The highest BCUT2D eigenvalue weighted by Gasteiger charge is 2.53. The number of aliphatic hydroxyl groups excluding tert-OH is 1. The van der Waals surface area contributed by atoms with Gasteiger partial charge >= 0.3 is 12.0 Å². The summed E-state index contributed by atoms with van der Waals surface area (Å²) in [6.07, 6.45) is 2.15. The fourth-order valence-electron chi connectivity index (χ4n) is 13.1. The van der Waals surface area contributed by atoms with Gasteiger partial charge < -0.3 is 84.5 Å². The van der Waals surface area contributed by atoms with Gasteiger partial charge in [-0.25, -0.2) is 9.59 Å². The standard InChI is InChI=1S/C78H88ClN15O16/c1-43(87-53-26-23-49-12-5-6-13-50(49)38-53)68(101)88-44(2)69(102)91-63(42-95)66(99)57-34-48(22-29-65(57)98)35-58(80)70(103)89-60(36-46-18-24-52(79)25-19-46)67(100)78(82,30-11-32-85-76(81)109)74(107)92-61(39-51-40-86-59-16-8-7-15-56(51)59)71(104)90-62(37-47-20-27-55(97)28-21-47)72(105)93-33-10-17-64(93)73(106)94(54-14-9-31-84-41-54)77(4,45(3)96)75(108)110-83/h5-9,12-16,18-29,31,34,38,40-41,43-44,58,60-64,86-87,95,97-98H,10-11,17,30,32-33,35-37,39,42,80,82-83H2,1-4H3,(H,88,101)(H,89,103)(H,90,104)(H,91,102)(H,92,107)(H3,81,85,109)/t43-,44-,58-,60-,61-,62-,63-,64-,77+,78+/m0/s1. The van der Waals surface area contributed by atoms with Crippen molar-refractivity contribution in [2.75, 3.05) is 29.9 Å². The predicted octanol–water partition coefficient (Wildman–Crippen LogP) is 3.00.